The summed E-state index contributed by atoms with van der Waals surface area (Å²) < 4.78 is 18.7. The van der Waals surface area contributed by atoms with Crippen molar-refractivity contribution >= 4 is 28.5 Å². The summed E-state index contributed by atoms with van der Waals surface area (Å²) in [5.74, 6) is -1.62. The predicted molar refractivity (Wildman–Crippen MR) is 96.0 cm³/mol. The molecule has 0 fully saturated rings. The van der Waals surface area contributed by atoms with Gasteiger partial charge in [-0.2, -0.15) is 0 Å². The molecule has 0 aliphatic carbocycles. The summed E-state index contributed by atoms with van der Waals surface area (Å²) in [6, 6.07) is 14.9. The molecule has 5 nitrogen and oxygen atoms in total. The second kappa shape index (κ2) is 7.74. The Balaban J connectivity index is 1.64. The molecule has 1 heterocycles. The number of hydrogen-bond donors (Lipinski definition) is 1. The van der Waals surface area contributed by atoms with Crippen LogP contribution in [0.3, 0.4) is 0 Å². The van der Waals surface area contributed by atoms with E-state index in [1.54, 1.807) is 36.5 Å². The number of nitrogens with zero attached hydrogens (tertiary/aromatic N) is 1. The molecule has 3 aromatic rings. The monoisotopic (exact) mass is 352 g/mol. The van der Waals surface area contributed by atoms with E-state index in [0.717, 1.165) is 10.9 Å². The summed E-state index contributed by atoms with van der Waals surface area (Å²) in [5.41, 5.74) is 1.55. The average Bonchev–Trinajstić information content (AvgIpc) is 2.64. The van der Waals surface area contributed by atoms with Crippen LogP contribution in [0.2, 0.25) is 0 Å². The van der Waals surface area contributed by atoms with E-state index in [0.29, 0.717) is 5.69 Å². The molecular weight excluding hydrogens is 335 g/mol. The van der Waals surface area contributed by atoms with Crippen LogP contribution in [0.15, 0.2) is 60.8 Å². The fourth-order valence-electron chi connectivity index (χ4n) is 2.54. The van der Waals surface area contributed by atoms with E-state index in [4.69, 9.17) is 4.74 Å². The Morgan fingerprint density at radius 3 is 2.73 bits per heavy atom. The second-order valence-electron chi connectivity index (χ2n) is 5.77. The zero-order valence-electron chi connectivity index (χ0n) is 14.1. The van der Waals surface area contributed by atoms with Gasteiger partial charge in [0, 0.05) is 11.6 Å². The smallest absolute Gasteiger partial charge is 0.311 e. The summed E-state index contributed by atoms with van der Waals surface area (Å²) in [5, 5.41) is 3.52. The van der Waals surface area contributed by atoms with E-state index in [1.165, 1.54) is 19.1 Å². The second-order valence-corrected chi connectivity index (χ2v) is 5.77. The van der Waals surface area contributed by atoms with Crippen molar-refractivity contribution in [1.29, 1.82) is 0 Å². The number of fused-ring (bicyclic) bond motifs is 1. The van der Waals surface area contributed by atoms with Crippen LogP contribution in [-0.2, 0) is 20.7 Å². The van der Waals surface area contributed by atoms with Gasteiger partial charge in [-0.1, -0.05) is 24.3 Å². The first-order valence-corrected chi connectivity index (χ1v) is 8.12. The quantitative estimate of drug-likeness (QED) is 0.714. The van der Waals surface area contributed by atoms with Gasteiger partial charge in [-0.25, -0.2) is 4.39 Å². The maximum absolute atomic E-state index is 13.6. The number of ether oxygens (including phenoxy) is 1. The summed E-state index contributed by atoms with van der Waals surface area (Å²) in [7, 11) is 0. The van der Waals surface area contributed by atoms with Crippen LogP contribution in [0.25, 0.3) is 10.9 Å². The highest BCUT2D eigenvalue weighted by Gasteiger charge is 2.19. The number of nitrogens with one attached hydrogen (secondary N) is 1. The number of hydrogen-bond acceptors (Lipinski definition) is 4. The highest BCUT2D eigenvalue weighted by atomic mass is 19.1. The van der Waals surface area contributed by atoms with E-state index in [-0.39, 0.29) is 12.0 Å². The fourth-order valence-corrected chi connectivity index (χ4v) is 2.54. The topological polar surface area (TPSA) is 68.3 Å². The first kappa shape index (κ1) is 17.5. The molecule has 0 aliphatic heterocycles. The van der Waals surface area contributed by atoms with Crippen molar-refractivity contribution in [3.05, 3.63) is 72.2 Å². The largest absolute Gasteiger partial charge is 0.452 e. The summed E-state index contributed by atoms with van der Waals surface area (Å²) >= 11 is 0. The van der Waals surface area contributed by atoms with Gasteiger partial charge in [-0.05, 0) is 42.8 Å². The predicted octanol–water partition coefficient (Wildman–Crippen LogP) is 3.49. The third-order valence-corrected chi connectivity index (χ3v) is 3.87. The summed E-state index contributed by atoms with van der Waals surface area (Å²) in [4.78, 5) is 28.5. The number of halogens is 1. The number of anilines is 1. The number of esters is 1. The lowest BCUT2D eigenvalue weighted by atomic mass is 10.1. The standard InChI is InChI=1S/C20H17FN2O3/c1-13(26-19(24)12-14-6-2-3-8-16(14)21)20(25)23-18-10-4-9-17-15(18)7-5-11-22-17/h2-11,13H,12H2,1H3,(H,23,25). The van der Waals surface area contributed by atoms with Crippen LogP contribution in [0.4, 0.5) is 10.1 Å². The Morgan fingerprint density at radius 1 is 1.12 bits per heavy atom. The molecule has 1 aromatic heterocycles. The molecule has 1 unspecified atom stereocenters. The maximum Gasteiger partial charge on any atom is 0.311 e. The van der Waals surface area contributed by atoms with Crippen LogP contribution in [0.5, 0.6) is 0 Å². The molecule has 0 radical (unpaired) electrons. The van der Waals surface area contributed by atoms with E-state index >= 15 is 0 Å². The summed E-state index contributed by atoms with van der Waals surface area (Å²) in [6.45, 7) is 1.47. The molecule has 6 heteroatoms. The third kappa shape index (κ3) is 4.03. The van der Waals surface area contributed by atoms with Gasteiger partial charge in [0.15, 0.2) is 6.10 Å². The first-order valence-electron chi connectivity index (χ1n) is 8.12. The lowest BCUT2D eigenvalue weighted by Crippen LogP contribution is -2.30. The Kier molecular flexibility index (Phi) is 5.22. The van der Waals surface area contributed by atoms with Crippen molar-refractivity contribution < 1.29 is 18.7 Å². The molecule has 2 aromatic carbocycles. The minimum absolute atomic E-state index is 0.227. The number of carbonyl (C=O) groups is 2. The van der Waals surface area contributed by atoms with Gasteiger partial charge in [-0.15, -0.1) is 0 Å². The number of aromatic nitrogens is 1. The van der Waals surface area contributed by atoms with Gasteiger partial charge >= 0.3 is 5.97 Å². The van der Waals surface area contributed by atoms with Gasteiger partial charge < -0.3 is 10.1 Å². The Labute approximate surface area is 149 Å². The molecule has 0 bridgehead atoms. The van der Waals surface area contributed by atoms with Crippen molar-refractivity contribution in [2.45, 2.75) is 19.4 Å². The molecule has 0 aliphatic rings. The van der Waals surface area contributed by atoms with Gasteiger partial charge in [0.05, 0.1) is 17.6 Å². The molecular formula is C20H17FN2O3. The van der Waals surface area contributed by atoms with Crippen molar-refractivity contribution in [2.75, 3.05) is 5.32 Å². The SMILES string of the molecule is CC(OC(=O)Cc1ccccc1F)C(=O)Nc1cccc2ncccc12. The number of benzene rings is 2. The average molecular weight is 352 g/mol. The van der Waals surface area contributed by atoms with Crippen LogP contribution in [0.1, 0.15) is 12.5 Å². The lowest BCUT2D eigenvalue weighted by molar-refractivity contribution is -0.152. The highest BCUT2D eigenvalue weighted by molar-refractivity contribution is 6.02. The normalized spacial score (nSPS) is 11.8. The van der Waals surface area contributed by atoms with E-state index in [2.05, 4.69) is 10.3 Å². The minimum atomic E-state index is -1.01. The molecule has 132 valence electrons. The molecule has 26 heavy (non-hydrogen) atoms. The molecule has 1 atom stereocenters. The van der Waals surface area contributed by atoms with Crippen LogP contribution < -0.4 is 5.32 Å². The van der Waals surface area contributed by atoms with Gasteiger partial charge in [0.25, 0.3) is 5.91 Å². The van der Waals surface area contributed by atoms with Crippen molar-refractivity contribution in [3.63, 3.8) is 0 Å². The fraction of sp³-hybridized carbons (Fsp3) is 0.150. The first-order chi connectivity index (χ1) is 12.5. The maximum atomic E-state index is 13.6. The molecule has 1 amide bonds. The van der Waals surface area contributed by atoms with Crippen molar-refractivity contribution in [3.8, 4) is 0 Å². The molecule has 0 saturated heterocycles. The van der Waals surface area contributed by atoms with Crippen LogP contribution >= 0.6 is 0 Å². The van der Waals surface area contributed by atoms with Gasteiger partial charge in [0.2, 0.25) is 0 Å². The van der Waals surface area contributed by atoms with E-state index in [9.17, 15) is 14.0 Å². The Bertz CT molecular complexity index is 953. The van der Waals surface area contributed by atoms with Crippen LogP contribution in [0, 0.1) is 5.82 Å². The van der Waals surface area contributed by atoms with Crippen molar-refractivity contribution in [1.82, 2.24) is 4.98 Å². The number of amides is 1. The zero-order chi connectivity index (χ0) is 18.5. The van der Waals surface area contributed by atoms with Gasteiger partial charge in [-0.3, -0.25) is 14.6 Å². The minimum Gasteiger partial charge on any atom is -0.452 e. The summed E-state index contributed by atoms with van der Waals surface area (Å²) in [6.07, 6.45) is 0.421. The number of pyridine rings is 1. The molecule has 0 saturated carbocycles. The molecule has 1 N–H and O–H groups in total. The van der Waals surface area contributed by atoms with E-state index in [1.807, 2.05) is 12.1 Å². The Hall–Kier alpha value is -3.28. The third-order valence-electron chi connectivity index (χ3n) is 3.87. The van der Waals surface area contributed by atoms with Crippen molar-refractivity contribution in [2.24, 2.45) is 0 Å². The lowest BCUT2D eigenvalue weighted by Gasteiger charge is -2.14. The van der Waals surface area contributed by atoms with Gasteiger partial charge in [0.1, 0.15) is 5.82 Å². The molecule has 0 spiro atoms. The highest BCUT2D eigenvalue weighted by Crippen LogP contribution is 2.21. The van der Waals surface area contributed by atoms with E-state index < -0.39 is 23.8 Å². The number of carbonyl (C=O) groups excluding carboxylic acids is 2. The Morgan fingerprint density at radius 2 is 1.92 bits per heavy atom. The zero-order valence-corrected chi connectivity index (χ0v) is 14.1. The van der Waals surface area contributed by atoms with Crippen LogP contribution in [-0.4, -0.2) is 23.0 Å². The molecule has 3 rings (SSSR count). The number of rotatable bonds is 5.